The van der Waals surface area contributed by atoms with Crippen LogP contribution in [-0.4, -0.2) is 51.7 Å². The molecule has 3 aromatic carbocycles. The summed E-state index contributed by atoms with van der Waals surface area (Å²) < 4.78 is 0. The van der Waals surface area contributed by atoms with E-state index in [1.807, 2.05) is 79.1 Å². The van der Waals surface area contributed by atoms with Gasteiger partial charge in [0.05, 0.1) is 6.04 Å². The number of rotatable bonds is 8. The van der Waals surface area contributed by atoms with Crippen molar-refractivity contribution in [2.24, 2.45) is 0 Å². The molecule has 39 heavy (non-hydrogen) atoms. The molecule has 0 saturated carbocycles. The normalized spacial score (nSPS) is 18.3. The first kappa shape index (κ1) is 25.2. The zero-order valence-corrected chi connectivity index (χ0v) is 22.5. The van der Waals surface area contributed by atoms with E-state index in [0.717, 1.165) is 39.0 Å². The summed E-state index contributed by atoms with van der Waals surface area (Å²) in [6.07, 6.45) is 2.85. The number of aromatic nitrogens is 1. The van der Waals surface area contributed by atoms with Crippen LogP contribution in [-0.2, 0) is 22.6 Å². The van der Waals surface area contributed by atoms with Crippen LogP contribution in [0.15, 0.2) is 78.9 Å². The van der Waals surface area contributed by atoms with Crippen LogP contribution in [0.1, 0.15) is 45.2 Å². The standard InChI is InChI=1S/C31H30N4O3S/c1-39-16-15-25(29(36)32-18-19-9-3-2-4-10-19)34-30(37)26-17-23-20-11-7-8-14-24(20)33-27(23)28-21-12-5-6-13-22(21)31(38)35(26)28/h2-14,25-26,28,33H,15-18H2,1H3,(H,32,36)(H,34,37)/t25-,26?,28?/m0/s1. The topological polar surface area (TPSA) is 94.3 Å². The van der Waals surface area contributed by atoms with Crippen molar-refractivity contribution < 1.29 is 14.4 Å². The molecule has 2 aliphatic heterocycles. The van der Waals surface area contributed by atoms with Gasteiger partial charge in [0.15, 0.2) is 0 Å². The average molecular weight is 539 g/mol. The zero-order chi connectivity index (χ0) is 26.9. The number of fused-ring (bicyclic) bond motifs is 7. The lowest BCUT2D eigenvalue weighted by atomic mass is 9.89. The van der Waals surface area contributed by atoms with E-state index in [4.69, 9.17) is 0 Å². The van der Waals surface area contributed by atoms with Crippen LogP contribution in [0.4, 0.5) is 0 Å². The minimum atomic E-state index is -0.736. The Morgan fingerprint density at radius 3 is 2.59 bits per heavy atom. The van der Waals surface area contributed by atoms with Gasteiger partial charge in [-0.3, -0.25) is 14.4 Å². The first-order valence-electron chi connectivity index (χ1n) is 13.2. The second-order valence-electron chi connectivity index (χ2n) is 10.0. The monoisotopic (exact) mass is 538 g/mol. The fourth-order valence-electron chi connectivity index (χ4n) is 5.82. The number of carbonyl (C=O) groups excluding carboxylic acids is 3. The Morgan fingerprint density at radius 2 is 1.77 bits per heavy atom. The number of hydrogen-bond acceptors (Lipinski definition) is 4. The number of nitrogens with zero attached hydrogens (tertiary/aromatic N) is 1. The van der Waals surface area contributed by atoms with Crippen molar-refractivity contribution >= 4 is 40.4 Å². The van der Waals surface area contributed by atoms with Gasteiger partial charge < -0.3 is 20.5 Å². The summed E-state index contributed by atoms with van der Waals surface area (Å²) in [4.78, 5) is 46.1. The SMILES string of the molecule is CSCC[C@H](NC(=O)C1Cc2c([nH]c3ccccc23)C2c3ccccc3C(=O)N12)C(=O)NCc1ccccc1. The van der Waals surface area contributed by atoms with Crippen molar-refractivity contribution in [2.45, 2.75) is 37.5 Å². The van der Waals surface area contributed by atoms with Crippen LogP contribution in [0.5, 0.6) is 0 Å². The van der Waals surface area contributed by atoms with Crippen molar-refractivity contribution in [3.05, 3.63) is 107 Å². The van der Waals surface area contributed by atoms with E-state index in [-0.39, 0.29) is 23.8 Å². The number of H-pyrrole nitrogens is 1. The number of carbonyl (C=O) groups is 3. The molecular formula is C31H30N4O3S. The van der Waals surface area contributed by atoms with Gasteiger partial charge in [-0.05, 0) is 47.3 Å². The molecule has 2 unspecified atom stereocenters. The second-order valence-corrected chi connectivity index (χ2v) is 11.0. The third-order valence-electron chi connectivity index (χ3n) is 7.71. The van der Waals surface area contributed by atoms with Crippen molar-refractivity contribution in [1.82, 2.24) is 20.5 Å². The highest BCUT2D eigenvalue weighted by Crippen LogP contribution is 2.46. The van der Waals surface area contributed by atoms with Crippen LogP contribution in [0.25, 0.3) is 10.9 Å². The summed E-state index contributed by atoms with van der Waals surface area (Å²) >= 11 is 1.63. The highest BCUT2D eigenvalue weighted by atomic mass is 32.2. The van der Waals surface area contributed by atoms with Gasteiger partial charge in [-0.15, -0.1) is 0 Å². The molecular weight excluding hydrogens is 508 g/mol. The number of para-hydroxylation sites is 1. The molecule has 0 aliphatic carbocycles. The molecule has 0 bridgehead atoms. The van der Waals surface area contributed by atoms with Gasteiger partial charge in [-0.1, -0.05) is 66.7 Å². The number of nitrogens with one attached hydrogen (secondary N) is 3. The lowest BCUT2D eigenvalue weighted by molar-refractivity contribution is -0.132. The summed E-state index contributed by atoms with van der Waals surface area (Å²) in [6, 6.07) is 23.5. The Kier molecular flexibility index (Phi) is 6.87. The van der Waals surface area contributed by atoms with Crippen LogP contribution >= 0.6 is 11.8 Å². The highest BCUT2D eigenvalue weighted by molar-refractivity contribution is 7.98. The minimum Gasteiger partial charge on any atom is -0.356 e. The van der Waals surface area contributed by atoms with Gasteiger partial charge in [0.1, 0.15) is 12.1 Å². The van der Waals surface area contributed by atoms with Crippen molar-refractivity contribution in [2.75, 3.05) is 12.0 Å². The first-order chi connectivity index (χ1) is 19.1. The maximum atomic E-state index is 14.0. The van der Waals surface area contributed by atoms with Crippen molar-refractivity contribution in [3.8, 4) is 0 Å². The van der Waals surface area contributed by atoms with Crippen molar-refractivity contribution in [3.63, 3.8) is 0 Å². The highest BCUT2D eigenvalue weighted by Gasteiger charge is 2.49. The van der Waals surface area contributed by atoms with Gasteiger partial charge in [-0.2, -0.15) is 11.8 Å². The third kappa shape index (κ3) is 4.59. The molecule has 6 rings (SSSR count). The van der Waals surface area contributed by atoms with E-state index in [2.05, 4.69) is 21.7 Å². The summed E-state index contributed by atoms with van der Waals surface area (Å²) in [6.45, 7) is 0.384. The van der Waals surface area contributed by atoms with Gasteiger partial charge in [0.25, 0.3) is 5.91 Å². The molecule has 2 aliphatic rings. The van der Waals surface area contributed by atoms with E-state index >= 15 is 0 Å². The van der Waals surface area contributed by atoms with Crippen LogP contribution in [0.2, 0.25) is 0 Å². The van der Waals surface area contributed by atoms with Gasteiger partial charge in [0.2, 0.25) is 11.8 Å². The van der Waals surface area contributed by atoms with E-state index < -0.39 is 12.1 Å². The van der Waals surface area contributed by atoms with E-state index in [9.17, 15) is 14.4 Å². The largest absolute Gasteiger partial charge is 0.356 e. The molecule has 3 amide bonds. The van der Waals surface area contributed by atoms with E-state index in [0.29, 0.717) is 24.9 Å². The minimum absolute atomic E-state index is 0.158. The molecule has 4 aromatic rings. The van der Waals surface area contributed by atoms with Gasteiger partial charge >= 0.3 is 0 Å². The maximum Gasteiger partial charge on any atom is 0.255 e. The van der Waals surface area contributed by atoms with Crippen LogP contribution in [0, 0.1) is 0 Å². The van der Waals surface area contributed by atoms with Gasteiger partial charge in [0, 0.05) is 35.1 Å². The Labute approximate surface area is 231 Å². The van der Waals surface area contributed by atoms with E-state index in [1.165, 1.54) is 0 Å². The fourth-order valence-corrected chi connectivity index (χ4v) is 6.29. The molecule has 198 valence electrons. The predicted octanol–water partition coefficient (Wildman–Crippen LogP) is 4.19. The number of aromatic amines is 1. The molecule has 3 N–H and O–H groups in total. The number of amides is 3. The predicted molar refractivity (Wildman–Crippen MR) is 153 cm³/mol. The first-order valence-corrected chi connectivity index (χ1v) is 14.6. The number of benzene rings is 3. The summed E-state index contributed by atoms with van der Waals surface area (Å²) in [5.74, 6) is 0.0299. The quantitative estimate of drug-likeness (QED) is 0.314. The summed E-state index contributed by atoms with van der Waals surface area (Å²) in [7, 11) is 0. The molecule has 0 fully saturated rings. The molecule has 0 spiro atoms. The van der Waals surface area contributed by atoms with Gasteiger partial charge in [-0.25, -0.2) is 0 Å². The Hall–Kier alpha value is -4.04. The summed E-state index contributed by atoms with van der Waals surface area (Å²) in [5, 5.41) is 7.05. The molecule has 3 heterocycles. The smallest absolute Gasteiger partial charge is 0.255 e. The Morgan fingerprint density at radius 1 is 1.03 bits per heavy atom. The molecule has 1 aromatic heterocycles. The average Bonchev–Trinajstić information content (AvgIpc) is 3.49. The fraction of sp³-hybridized carbons (Fsp3) is 0.258. The molecule has 0 radical (unpaired) electrons. The number of hydrogen-bond donors (Lipinski definition) is 3. The lowest BCUT2D eigenvalue weighted by Gasteiger charge is -2.37. The maximum absolute atomic E-state index is 14.0. The van der Waals surface area contributed by atoms with E-state index in [1.54, 1.807) is 16.7 Å². The van der Waals surface area contributed by atoms with Crippen LogP contribution < -0.4 is 10.6 Å². The van der Waals surface area contributed by atoms with Crippen LogP contribution in [0.3, 0.4) is 0 Å². The molecule has 3 atom stereocenters. The van der Waals surface area contributed by atoms with Crippen molar-refractivity contribution in [1.29, 1.82) is 0 Å². The zero-order valence-electron chi connectivity index (χ0n) is 21.6. The lowest BCUT2D eigenvalue weighted by Crippen LogP contribution is -2.56. The third-order valence-corrected chi connectivity index (χ3v) is 8.35. The Bertz CT molecular complexity index is 1550. The molecule has 0 saturated heterocycles. The second kappa shape index (κ2) is 10.6. The molecule has 7 nitrogen and oxygen atoms in total. The molecule has 8 heteroatoms. The Balaban J connectivity index is 1.30. The summed E-state index contributed by atoms with van der Waals surface area (Å²) in [5.41, 5.74) is 5.49. The number of thioether (sulfide) groups is 1.